The first-order valence-electron chi connectivity index (χ1n) is 8.51. The summed E-state index contributed by atoms with van der Waals surface area (Å²) in [7, 11) is 1.64. The highest BCUT2D eigenvalue weighted by molar-refractivity contribution is 7.14. The summed E-state index contributed by atoms with van der Waals surface area (Å²) in [6, 6.07) is 7.78. The molecule has 0 aliphatic carbocycles. The topological polar surface area (TPSA) is 62.3 Å². The van der Waals surface area contributed by atoms with Gasteiger partial charge in [-0.05, 0) is 42.5 Å². The fourth-order valence-electron chi connectivity index (χ4n) is 2.58. The van der Waals surface area contributed by atoms with Crippen molar-refractivity contribution in [3.8, 4) is 10.6 Å². The van der Waals surface area contributed by atoms with Gasteiger partial charge in [0.1, 0.15) is 5.01 Å². The van der Waals surface area contributed by atoms with Crippen molar-refractivity contribution in [2.24, 2.45) is 0 Å². The molecular formula is C20H21N3O2S2. The number of likely N-dealkylation sites (N-methyl/N-ethyl adjacent to an activating group) is 1. The molecule has 3 rings (SSSR count). The summed E-state index contributed by atoms with van der Waals surface area (Å²) in [4.78, 5) is 30.7. The lowest BCUT2D eigenvalue weighted by Crippen LogP contribution is -2.36. The molecule has 1 N–H and O–H groups in total. The standard InChI is InChI=1S/C20H21N3O2S2/c1-13-5-4-6-17(14(13)2)22-18(24)10-23(3)19(25)9-16-12-27-20(21-16)15-7-8-26-11-15/h4-8,11-12H,9-10H2,1-3H3,(H,22,24). The van der Waals surface area contributed by atoms with E-state index in [0.717, 1.165) is 33.1 Å². The van der Waals surface area contributed by atoms with Crippen molar-refractivity contribution >= 4 is 40.2 Å². The Morgan fingerprint density at radius 1 is 1.19 bits per heavy atom. The molecule has 0 fully saturated rings. The number of rotatable bonds is 6. The number of hydrogen-bond donors (Lipinski definition) is 1. The smallest absolute Gasteiger partial charge is 0.243 e. The molecule has 0 radical (unpaired) electrons. The number of aryl methyl sites for hydroxylation is 1. The van der Waals surface area contributed by atoms with E-state index < -0.39 is 0 Å². The number of hydrogen-bond acceptors (Lipinski definition) is 5. The average Bonchev–Trinajstić information content (AvgIpc) is 3.30. The molecule has 0 saturated carbocycles. The van der Waals surface area contributed by atoms with E-state index in [9.17, 15) is 9.59 Å². The van der Waals surface area contributed by atoms with Gasteiger partial charge in [0.2, 0.25) is 11.8 Å². The van der Waals surface area contributed by atoms with Crippen LogP contribution in [0.1, 0.15) is 16.8 Å². The van der Waals surface area contributed by atoms with Crippen molar-refractivity contribution in [1.29, 1.82) is 0 Å². The van der Waals surface area contributed by atoms with E-state index in [1.165, 1.54) is 16.2 Å². The highest BCUT2D eigenvalue weighted by Crippen LogP contribution is 2.26. The largest absolute Gasteiger partial charge is 0.336 e. The van der Waals surface area contributed by atoms with Gasteiger partial charge in [-0.25, -0.2) is 4.98 Å². The van der Waals surface area contributed by atoms with Crippen LogP contribution >= 0.6 is 22.7 Å². The highest BCUT2D eigenvalue weighted by Gasteiger charge is 2.16. The Kier molecular flexibility index (Phi) is 6.03. The lowest BCUT2D eigenvalue weighted by Gasteiger charge is -2.17. The molecule has 2 heterocycles. The molecule has 27 heavy (non-hydrogen) atoms. The Morgan fingerprint density at radius 3 is 2.74 bits per heavy atom. The number of thiophene rings is 1. The number of aromatic nitrogens is 1. The molecule has 0 atom stereocenters. The number of amides is 2. The van der Waals surface area contributed by atoms with Gasteiger partial charge in [-0.1, -0.05) is 12.1 Å². The zero-order valence-corrected chi connectivity index (χ0v) is 17.1. The zero-order chi connectivity index (χ0) is 19.4. The first-order valence-corrected chi connectivity index (χ1v) is 10.3. The molecule has 7 heteroatoms. The second kappa shape index (κ2) is 8.45. The maximum absolute atomic E-state index is 12.4. The fourth-order valence-corrected chi connectivity index (χ4v) is 4.11. The second-order valence-electron chi connectivity index (χ2n) is 6.38. The van der Waals surface area contributed by atoms with Crippen LogP contribution in [0.15, 0.2) is 40.4 Å². The minimum Gasteiger partial charge on any atom is -0.336 e. The predicted octanol–water partition coefficient (Wildman–Crippen LogP) is 4.13. The Balaban J connectivity index is 1.56. The van der Waals surface area contributed by atoms with E-state index in [4.69, 9.17) is 0 Å². The van der Waals surface area contributed by atoms with E-state index in [-0.39, 0.29) is 24.8 Å². The monoisotopic (exact) mass is 399 g/mol. The molecule has 0 aliphatic rings. The van der Waals surface area contributed by atoms with E-state index >= 15 is 0 Å². The molecule has 2 aromatic heterocycles. The summed E-state index contributed by atoms with van der Waals surface area (Å²) in [5.41, 5.74) is 4.73. The maximum Gasteiger partial charge on any atom is 0.243 e. The van der Waals surface area contributed by atoms with Crippen molar-refractivity contribution in [2.75, 3.05) is 18.9 Å². The van der Waals surface area contributed by atoms with Crippen LogP contribution in [-0.4, -0.2) is 35.3 Å². The van der Waals surface area contributed by atoms with Crippen molar-refractivity contribution in [1.82, 2.24) is 9.88 Å². The van der Waals surface area contributed by atoms with Crippen LogP contribution in [0.3, 0.4) is 0 Å². The van der Waals surface area contributed by atoms with Crippen LogP contribution in [0.5, 0.6) is 0 Å². The zero-order valence-electron chi connectivity index (χ0n) is 15.5. The van der Waals surface area contributed by atoms with Crippen LogP contribution in [-0.2, 0) is 16.0 Å². The molecule has 3 aromatic rings. The lowest BCUT2D eigenvalue weighted by atomic mass is 10.1. The first kappa shape index (κ1) is 19.3. The number of nitrogens with zero attached hydrogens (tertiary/aromatic N) is 2. The summed E-state index contributed by atoms with van der Waals surface area (Å²) in [6.45, 7) is 3.97. The number of carbonyl (C=O) groups excluding carboxylic acids is 2. The summed E-state index contributed by atoms with van der Waals surface area (Å²) in [5.74, 6) is -0.343. The average molecular weight is 400 g/mol. The maximum atomic E-state index is 12.4. The SMILES string of the molecule is Cc1cccc(NC(=O)CN(C)C(=O)Cc2csc(-c3ccsc3)n2)c1C. The molecule has 2 amide bonds. The number of thiazole rings is 1. The lowest BCUT2D eigenvalue weighted by molar-refractivity contribution is -0.132. The molecule has 5 nitrogen and oxygen atoms in total. The van der Waals surface area contributed by atoms with Crippen LogP contribution in [0, 0.1) is 13.8 Å². The number of carbonyl (C=O) groups is 2. The molecule has 140 valence electrons. The summed E-state index contributed by atoms with van der Waals surface area (Å²) in [5, 5.41) is 9.73. The van der Waals surface area contributed by atoms with Gasteiger partial charge in [0.05, 0.1) is 18.7 Å². The molecular weight excluding hydrogens is 378 g/mol. The van der Waals surface area contributed by atoms with Gasteiger partial charge in [0.25, 0.3) is 0 Å². The van der Waals surface area contributed by atoms with E-state index in [2.05, 4.69) is 10.3 Å². The van der Waals surface area contributed by atoms with Gasteiger partial charge in [0.15, 0.2) is 0 Å². The van der Waals surface area contributed by atoms with Crippen molar-refractivity contribution < 1.29 is 9.59 Å². The summed E-state index contributed by atoms with van der Waals surface area (Å²) >= 11 is 3.14. The minimum absolute atomic E-state index is 0.00768. The predicted molar refractivity (Wildman–Crippen MR) is 111 cm³/mol. The Labute approximate surface area is 166 Å². The minimum atomic E-state index is -0.211. The highest BCUT2D eigenvalue weighted by atomic mass is 32.1. The van der Waals surface area contributed by atoms with Gasteiger partial charge in [-0.15, -0.1) is 11.3 Å². The molecule has 0 bridgehead atoms. The van der Waals surface area contributed by atoms with Crippen LogP contribution < -0.4 is 5.32 Å². The Hall–Kier alpha value is -2.51. The Morgan fingerprint density at radius 2 is 2.00 bits per heavy atom. The molecule has 0 saturated heterocycles. The third kappa shape index (κ3) is 4.81. The summed E-state index contributed by atoms with van der Waals surface area (Å²) < 4.78 is 0. The molecule has 0 spiro atoms. The molecule has 1 aromatic carbocycles. The fraction of sp³-hybridized carbons (Fsp3) is 0.250. The third-order valence-corrected chi connectivity index (χ3v) is 5.96. The number of benzene rings is 1. The van der Waals surface area contributed by atoms with Crippen molar-refractivity contribution in [3.63, 3.8) is 0 Å². The van der Waals surface area contributed by atoms with E-state index in [1.807, 2.05) is 54.3 Å². The van der Waals surface area contributed by atoms with Crippen LogP contribution in [0.4, 0.5) is 5.69 Å². The molecule has 0 aliphatic heterocycles. The number of nitrogens with one attached hydrogen (secondary N) is 1. The van der Waals surface area contributed by atoms with Crippen molar-refractivity contribution in [2.45, 2.75) is 20.3 Å². The van der Waals surface area contributed by atoms with Gasteiger partial charge in [-0.3, -0.25) is 9.59 Å². The molecule has 0 unspecified atom stereocenters. The van der Waals surface area contributed by atoms with Gasteiger partial charge in [-0.2, -0.15) is 11.3 Å². The Bertz CT molecular complexity index is 948. The van der Waals surface area contributed by atoms with Gasteiger partial charge in [0, 0.05) is 29.1 Å². The van der Waals surface area contributed by atoms with E-state index in [1.54, 1.807) is 18.4 Å². The first-order chi connectivity index (χ1) is 12.9. The summed E-state index contributed by atoms with van der Waals surface area (Å²) in [6.07, 6.45) is 0.188. The number of anilines is 1. The normalized spacial score (nSPS) is 10.6. The van der Waals surface area contributed by atoms with Gasteiger partial charge < -0.3 is 10.2 Å². The van der Waals surface area contributed by atoms with Crippen LogP contribution in [0.2, 0.25) is 0 Å². The van der Waals surface area contributed by atoms with Gasteiger partial charge >= 0.3 is 0 Å². The van der Waals surface area contributed by atoms with Crippen molar-refractivity contribution in [3.05, 3.63) is 57.2 Å². The second-order valence-corrected chi connectivity index (χ2v) is 8.02. The third-order valence-electron chi connectivity index (χ3n) is 4.34. The quantitative estimate of drug-likeness (QED) is 0.678. The van der Waals surface area contributed by atoms with E-state index in [0.29, 0.717) is 0 Å². The van der Waals surface area contributed by atoms with Crippen LogP contribution in [0.25, 0.3) is 10.6 Å².